The molecule has 0 bridgehead atoms. The van der Waals surface area contributed by atoms with Gasteiger partial charge in [0.05, 0.1) is 0 Å². The minimum Gasteiger partial charge on any atom is -0.294 e. The van der Waals surface area contributed by atoms with Gasteiger partial charge < -0.3 is 0 Å². The van der Waals surface area contributed by atoms with Crippen molar-refractivity contribution in [1.82, 2.24) is 10.4 Å². The first-order valence-corrected chi connectivity index (χ1v) is 5.96. The van der Waals surface area contributed by atoms with Gasteiger partial charge in [-0.1, -0.05) is 31.9 Å². The Labute approximate surface area is 93.2 Å². The van der Waals surface area contributed by atoms with E-state index in [9.17, 15) is 0 Å². The van der Waals surface area contributed by atoms with Crippen LogP contribution < -0.4 is 5.43 Å². The van der Waals surface area contributed by atoms with Gasteiger partial charge in [0.25, 0.3) is 0 Å². The van der Waals surface area contributed by atoms with Crippen molar-refractivity contribution in [2.45, 2.75) is 58.7 Å². The maximum Gasteiger partial charge on any atom is 0.121 e. The highest BCUT2D eigenvalue weighted by molar-refractivity contribution is 5.57. The average molecular weight is 209 g/mol. The van der Waals surface area contributed by atoms with Crippen LogP contribution in [0.2, 0.25) is 0 Å². The summed E-state index contributed by atoms with van der Waals surface area (Å²) in [6.45, 7) is 6.51. The molecule has 0 radical (unpaired) electrons. The molecule has 0 aromatic carbocycles. The number of hydrogen-bond acceptors (Lipinski definition) is 3. The smallest absolute Gasteiger partial charge is 0.121 e. The van der Waals surface area contributed by atoms with Crippen molar-refractivity contribution in [3.8, 4) is 0 Å². The Bertz CT molecular complexity index is 223. The Hall–Kier alpha value is -0.830. The van der Waals surface area contributed by atoms with Gasteiger partial charge in [-0.2, -0.15) is 0 Å². The number of nitrogens with one attached hydrogen (secondary N) is 1. The Morgan fingerprint density at radius 1 is 1.60 bits per heavy atom. The van der Waals surface area contributed by atoms with Crippen LogP contribution in [0.15, 0.2) is 17.1 Å². The number of hydrazine groups is 1. The van der Waals surface area contributed by atoms with E-state index in [2.05, 4.69) is 41.4 Å². The first kappa shape index (κ1) is 12.2. The van der Waals surface area contributed by atoms with Crippen LogP contribution in [0.4, 0.5) is 0 Å². The van der Waals surface area contributed by atoms with Crippen LogP contribution in [0.3, 0.4) is 0 Å². The van der Waals surface area contributed by atoms with Crippen molar-refractivity contribution >= 4 is 6.34 Å². The second kappa shape index (κ2) is 6.62. The van der Waals surface area contributed by atoms with Gasteiger partial charge in [-0.15, -0.1) is 0 Å². The van der Waals surface area contributed by atoms with Gasteiger partial charge in [0, 0.05) is 12.5 Å². The van der Waals surface area contributed by atoms with E-state index >= 15 is 0 Å². The fourth-order valence-electron chi connectivity index (χ4n) is 1.65. The summed E-state index contributed by atoms with van der Waals surface area (Å²) in [6, 6.07) is 0.546. The fourth-order valence-corrected chi connectivity index (χ4v) is 1.65. The van der Waals surface area contributed by atoms with Crippen LogP contribution in [-0.2, 0) is 0 Å². The highest BCUT2D eigenvalue weighted by Crippen LogP contribution is 2.10. The molecule has 0 fully saturated rings. The number of allylic oxidation sites excluding steroid dienone is 1. The van der Waals surface area contributed by atoms with Crippen molar-refractivity contribution in [2.75, 3.05) is 0 Å². The Morgan fingerprint density at radius 3 is 3.07 bits per heavy atom. The van der Waals surface area contributed by atoms with Gasteiger partial charge in [0.2, 0.25) is 0 Å². The molecule has 2 atom stereocenters. The van der Waals surface area contributed by atoms with Gasteiger partial charge in [0.15, 0.2) is 0 Å². The third-order valence-corrected chi connectivity index (χ3v) is 2.71. The van der Waals surface area contributed by atoms with Crippen LogP contribution in [0.1, 0.15) is 46.5 Å². The Morgan fingerprint density at radius 2 is 2.40 bits per heavy atom. The summed E-state index contributed by atoms with van der Waals surface area (Å²) in [7, 11) is 0. The van der Waals surface area contributed by atoms with Gasteiger partial charge in [0.1, 0.15) is 12.5 Å². The second-order valence-electron chi connectivity index (χ2n) is 4.11. The fraction of sp³-hybridized carbons (Fsp3) is 0.750. The molecule has 0 saturated heterocycles. The zero-order valence-electron chi connectivity index (χ0n) is 10.1. The van der Waals surface area contributed by atoms with E-state index < -0.39 is 0 Å². The van der Waals surface area contributed by atoms with Crippen LogP contribution in [-0.4, -0.2) is 23.6 Å². The summed E-state index contributed by atoms with van der Waals surface area (Å²) in [5.41, 5.74) is 3.39. The molecule has 0 aliphatic carbocycles. The highest BCUT2D eigenvalue weighted by Gasteiger charge is 2.18. The van der Waals surface area contributed by atoms with E-state index in [1.807, 2.05) is 13.3 Å². The van der Waals surface area contributed by atoms with E-state index in [1.165, 1.54) is 19.3 Å². The average Bonchev–Trinajstić information content (AvgIpc) is 2.71. The minimum atomic E-state index is 0.241. The SMILES string of the molecule is CC=CCC1N=CN(C(C)CCCC)N1. The molecule has 0 aromatic rings. The van der Waals surface area contributed by atoms with E-state index in [0.29, 0.717) is 6.04 Å². The van der Waals surface area contributed by atoms with Crippen LogP contribution in [0.25, 0.3) is 0 Å². The van der Waals surface area contributed by atoms with Crippen LogP contribution in [0.5, 0.6) is 0 Å². The maximum atomic E-state index is 4.42. The number of nitrogens with zero attached hydrogens (tertiary/aromatic N) is 2. The minimum absolute atomic E-state index is 0.241. The largest absolute Gasteiger partial charge is 0.294 e. The third kappa shape index (κ3) is 4.04. The van der Waals surface area contributed by atoms with Crippen LogP contribution >= 0.6 is 0 Å². The zero-order valence-corrected chi connectivity index (χ0v) is 10.1. The van der Waals surface area contributed by atoms with Crippen molar-refractivity contribution < 1.29 is 0 Å². The van der Waals surface area contributed by atoms with Crippen molar-refractivity contribution in [1.29, 1.82) is 0 Å². The highest BCUT2D eigenvalue weighted by atomic mass is 15.6. The molecule has 0 spiro atoms. The third-order valence-electron chi connectivity index (χ3n) is 2.71. The van der Waals surface area contributed by atoms with Gasteiger partial charge >= 0.3 is 0 Å². The van der Waals surface area contributed by atoms with Crippen LogP contribution in [0, 0.1) is 0 Å². The lowest BCUT2D eigenvalue weighted by Crippen LogP contribution is -2.42. The first-order chi connectivity index (χ1) is 7.27. The first-order valence-electron chi connectivity index (χ1n) is 5.96. The molecule has 3 nitrogen and oxygen atoms in total. The number of rotatable bonds is 6. The number of unbranched alkanes of at least 4 members (excludes halogenated alkanes) is 1. The maximum absolute atomic E-state index is 4.42. The predicted octanol–water partition coefficient (Wildman–Crippen LogP) is 2.71. The quantitative estimate of drug-likeness (QED) is 0.681. The molecule has 86 valence electrons. The molecular weight excluding hydrogens is 186 g/mol. The zero-order chi connectivity index (χ0) is 11.1. The Kier molecular flexibility index (Phi) is 5.40. The molecule has 0 saturated carbocycles. The summed E-state index contributed by atoms with van der Waals surface area (Å²) < 4.78 is 0. The molecule has 15 heavy (non-hydrogen) atoms. The molecule has 0 aromatic heterocycles. The summed E-state index contributed by atoms with van der Waals surface area (Å²) in [5, 5.41) is 2.14. The monoisotopic (exact) mass is 209 g/mol. The molecule has 1 N–H and O–H groups in total. The van der Waals surface area contributed by atoms with E-state index in [0.717, 1.165) is 6.42 Å². The summed E-state index contributed by atoms with van der Waals surface area (Å²) in [6.07, 6.45) is 11.1. The molecule has 1 heterocycles. The Balaban J connectivity index is 2.27. The summed E-state index contributed by atoms with van der Waals surface area (Å²) in [4.78, 5) is 4.42. The number of aliphatic imine (C=N–C) groups is 1. The molecule has 0 amide bonds. The lowest BCUT2D eigenvalue weighted by molar-refractivity contribution is 0.230. The standard InChI is InChI=1S/C12H23N3/c1-4-6-8-11(3)15-10-13-12(14-15)9-7-5-2/h5,7,10-12,14H,4,6,8-9H2,1-3H3. The van der Waals surface area contributed by atoms with Crippen molar-refractivity contribution in [2.24, 2.45) is 4.99 Å². The molecular formula is C12H23N3. The van der Waals surface area contributed by atoms with Crippen molar-refractivity contribution in [3.63, 3.8) is 0 Å². The second-order valence-corrected chi connectivity index (χ2v) is 4.11. The topological polar surface area (TPSA) is 27.6 Å². The molecule has 1 aliphatic rings. The van der Waals surface area contributed by atoms with Gasteiger partial charge in [-0.25, -0.2) is 5.43 Å². The molecule has 1 rings (SSSR count). The van der Waals surface area contributed by atoms with Gasteiger partial charge in [-0.3, -0.25) is 10.0 Å². The lowest BCUT2D eigenvalue weighted by Gasteiger charge is -2.24. The number of hydrogen-bond donors (Lipinski definition) is 1. The van der Waals surface area contributed by atoms with E-state index in [-0.39, 0.29) is 6.17 Å². The van der Waals surface area contributed by atoms with E-state index in [4.69, 9.17) is 0 Å². The molecule has 1 aliphatic heterocycles. The normalized spacial score (nSPS) is 22.9. The van der Waals surface area contributed by atoms with Crippen molar-refractivity contribution in [3.05, 3.63) is 12.2 Å². The summed E-state index contributed by atoms with van der Waals surface area (Å²) in [5.74, 6) is 0. The van der Waals surface area contributed by atoms with Gasteiger partial charge in [-0.05, 0) is 20.3 Å². The molecule has 2 unspecified atom stereocenters. The predicted molar refractivity (Wildman–Crippen MR) is 65.7 cm³/mol. The van der Waals surface area contributed by atoms with E-state index in [1.54, 1.807) is 0 Å². The summed E-state index contributed by atoms with van der Waals surface area (Å²) >= 11 is 0. The lowest BCUT2D eigenvalue weighted by atomic mass is 10.1. The molecule has 3 heteroatoms.